The number of benzene rings is 2. The second-order valence-corrected chi connectivity index (χ2v) is 6.47. The van der Waals surface area contributed by atoms with Gasteiger partial charge in [0.1, 0.15) is 24.5 Å². The summed E-state index contributed by atoms with van der Waals surface area (Å²) >= 11 is 5.81. The molecule has 0 aliphatic carbocycles. The van der Waals surface area contributed by atoms with Gasteiger partial charge in [-0.3, -0.25) is 14.6 Å². The molecular weight excluding hydrogens is 356 g/mol. The summed E-state index contributed by atoms with van der Waals surface area (Å²) in [5.41, 5.74) is 0.646. The first-order valence-corrected chi connectivity index (χ1v) is 8.61. The number of aliphatic hydroxyl groups is 1. The first-order chi connectivity index (χ1) is 12.5. The maximum Gasteiger partial charge on any atom is 0.332 e. The van der Waals surface area contributed by atoms with E-state index in [-0.39, 0.29) is 19.1 Å². The standard InChI is InChI=1S/C19H19ClN2O4/c1-13-18(24)21(19(25)22(13)15-5-3-2-4-6-15)11-16(23)12-26-17-9-7-14(20)8-10-17/h2-10,13,16,23H,11-12H2,1H3/t13-,16-/m0/s1. The lowest BCUT2D eigenvalue weighted by molar-refractivity contribution is -0.128. The fourth-order valence-corrected chi connectivity index (χ4v) is 2.93. The predicted molar refractivity (Wildman–Crippen MR) is 98.4 cm³/mol. The van der Waals surface area contributed by atoms with Gasteiger partial charge in [0.2, 0.25) is 0 Å². The number of β-amino-alcohol motifs (C(OH)–C–C–N with tert-alkyl or cyclic N) is 1. The van der Waals surface area contributed by atoms with Gasteiger partial charge in [-0.1, -0.05) is 29.8 Å². The average Bonchev–Trinajstić information content (AvgIpc) is 2.85. The van der Waals surface area contributed by atoms with Gasteiger partial charge >= 0.3 is 6.03 Å². The molecule has 0 radical (unpaired) electrons. The quantitative estimate of drug-likeness (QED) is 0.789. The number of aliphatic hydroxyl groups excluding tert-OH is 1. The summed E-state index contributed by atoms with van der Waals surface area (Å²) in [6, 6.07) is 14.6. The Morgan fingerprint density at radius 1 is 1.12 bits per heavy atom. The van der Waals surface area contributed by atoms with Crippen molar-refractivity contribution in [3.8, 4) is 5.75 Å². The van der Waals surface area contributed by atoms with E-state index in [0.29, 0.717) is 16.5 Å². The van der Waals surface area contributed by atoms with Crippen molar-refractivity contribution in [3.05, 3.63) is 59.6 Å². The van der Waals surface area contributed by atoms with Gasteiger partial charge in [-0.25, -0.2) is 4.79 Å². The van der Waals surface area contributed by atoms with E-state index in [2.05, 4.69) is 0 Å². The molecule has 0 spiro atoms. The highest BCUT2D eigenvalue weighted by molar-refractivity contribution is 6.30. The van der Waals surface area contributed by atoms with Gasteiger partial charge in [-0.15, -0.1) is 0 Å². The third kappa shape index (κ3) is 3.81. The molecule has 1 fully saturated rings. The Kier molecular flexibility index (Phi) is 5.44. The Balaban J connectivity index is 1.62. The first-order valence-electron chi connectivity index (χ1n) is 8.23. The van der Waals surface area contributed by atoms with E-state index in [0.717, 1.165) is 4.90 Å². The number of hydrogen-bond donors (Lipinski definition) is 1. The van der Waals surface area contributed by atoms with Gasteiger partial charge in [0.05, 0.1) is 6.54 Å². The second-order valence-electron chi connectivity index (χ2n) is 6.03. The zero-order chi connectivity index (χ0) is 18.7. The van der Waals surface area contributed by atoms with Crippen molar-refractivity contribution in [2.24, 2.45) is 0 Å². The maximum atomic E-state index is 12.6. The molecule has 1 saturated heterocycles. The number of amides is 3. The van der Waals surface area contributed by atoms with Crippen molar-refractivity contribution in [1.82, 2.24) is 4.90 Å². The number of nitrogens with zero attached hydrogens (tertiary/aromatic N) is 2. The predicted octanol–water partition coefficient (Wildman–Crippen LogP) is 2.94. The Morgan fingerprint density at radius 2 is 1.77 bits per heavy atom. The van der Waals surface area contributed by atoms with E-state index < -0.39 is 18.2 Å². The number of hydrogen-bond acceptors (Lipinski definition) is 4. The molecule has 2 aromatic carbocycles. The molecule has 3 rings (SSSR count). The monoisotopic (exact) mass is 374 g/mol. The lowest BCUT2D eigenvalue weighted by Crippen LogP contribution is -2.40. The van der Waals surface area contributed by atoms with Crippen molar-refractivity contribution >= 4 is 29.2 Å². The molecule has 2 atom stereocenters. The Morgan fingerprint density at radius 3 is 2.42 bits per heavy atom. The molecule has 1 aliphatic heterocycles. The van der Waals surface area contributed by atoms with Crippen LogP contribution < -0.4 is 9.64 Å². The minimum absolute atomic E-state index is 0.0432. The third-order valence-corrected chi connectivity index (χ3v) is 4.38. The summed E-state index contributed by atoms with van der Waals surface area (Å²) in [7, 11) is 0. The van der Waals surface area contributed by atoms with Crippen LogP contribution in [0.1, 0.15) is 6.92 Å². The number of carbonyl (C=O) groups excluding carboxylic acids is 2. The number of halogens is 1. The van der Waals surface area contributed by atoms with Crippen LogP contribution in [0.15, 0.2) is 54.6 Å². The average molecular weight is 375 g/mol. The largest absolute Gasteiger partial charge is 0.491 e. The number of imide groups is 1. The molecule has 136 valence electrons. The van der Waals surface area contributed by atoms with E-state index >= 15 is 0 Å². The molecule has 26 heavy (non-hydrogen) atoms. The van der Waals surface area contributed by atoms with Crippen molar-refractivity contribution in [2.45, 2.75) is 19.1 Å². The van der Waals surface area contributed by atoms with Crippen molar-refractivity contribution in [2.75, 3.05) is 18.1 Å². The molecule has 1 N–H and O–H groups in total. The molecule has 2 aromatic rings. The van der Waals surface area contributed by atoms with Gasteiger partial charge in [-0.05, 0) is 43.3 Å². The van der Waals surface area contributed by atoms with Crippen LogP contribution in [0, 0.1) is 0 Å². The SMILES string of the molecule is C[C@H]1C(=O)N(C[C@H](O)COc2ccc(Cl)cc2)C(=O)N1c1ccccc1. The Labute approximate surface area is 156 Å². The van der Waals surface area contributed by atoms with Gasteiger partial charge < -0.3 is 9.84 Å². The van der Waals surface area contributed by atoms with Crippen LogP contribution in [0.2, 0.25) is 5.02 Å². The molecule has 7 heteroatoms. The van der Waals surface area contributed by atoms with E-state index in [1.165, 1.54) is 4.90 Å². The van der Waals surface area contributed by atoms with Gasteiger partial charge in [0, 0.05) is 10.7 Å². The number of anilines is 1. The summed E-state index contributed by atoms with van der Waals surface area (Å²) in [4.78, 5) is 27.6. The van der Waals surface area contributed by atoms with Crippen LogP contribution >= 0.6 is 11.6 Å². The minimum atomic E-state index is -0.999. The number of ether oxygens (including phenoxy) is 1. The van der Waals surface area contributed by atoms with Gasteiger partial charge in [-0.2, -0.15) is 0 Å². The smallest absolute Gasteiger partial charge is 0.332 e. The van der Waals surface area contributed by atoms with Crippen LogP contribution in [-0.2, 0) is 4.79 Å². The highest BCUT2D eigenvalue weighted by Gasteiger charge is 2.43. The fourth-order valence-electron chi connectivity index (χ4n) is 2.80. The van der Waals surface area contributed by atoms with E-state index in [4.69, 9.17) is 16.3 Å². The minimum Gasteiger partial charge on any atom is -0.491 e. The lowest BCUT2D eigenvalue weighted by atomic mass is 10.2. The third-order valence-electron chi connectivity index (χ3n) is 4.13. The number of rotatable bonds is 6. The topological polar surface area (TPSA) is 70.1 Å². The number of para-hydroxylation sites is 1. The van der Waals surface area contributed by atoms with Crippen molar-refractivity contribution in [1.29, 1.82) is 0 Å². The molecular formula is C19H19ClN2O4. The highest BCUT2D eigenvalue weighted by Crippen LogP contribution is 2.25. The van der Waals surface area contributed by atoms with Crippen LogP contribution in [0.5, 0.6) is 5.75 Å². The molecule has 0 saturated carbocycles. The van der Waals surface area contributed by atoms with Crippen LogP contribution in [0.25, 0.3) is 0 Å². The van der Waals surface area contributed by atoms with Crippen LogP contribution in [-0.4, -0.2) is 47.2 Å². The van der Waals surface area contributed by atoms with Crippen molar-refractivity contribution in [3.63, 3.8) is 0 Å². The van der Waals surface area contributed by atoms with Crippen LogP contribution in [0.4, 0.5) is 10.5 Å². The number of carbonyl (C=O) groups is 2. The summed E-state index contributed by atoms with van der Waals surface area (Å²) in [5, 5.41) is 10.8. The van der Waals surface area contributed by atoms with Gasteiger partial charge in [0.15, 0.2) is 0 Å². The fraction of sp³-hybridized carbons (Fsp3) is 0.263. The number of urea groups is 1. The van der Waals surface area contributed by atoms with Gasteiger partial charge in [0.25, 0.3) is 5.91 Å². The van der Waals surface area contributed by atoms with E-state index in [9.17, 15) is 14.7 Å². The second kappa shape index (κ2) is 7.76. The molecule has 1 aliphatic rings. The van der Waals surface area contributed by atoms with Crippen LogP contribution in [0.3, 0.4) is 0 Å². The molecule has 0 aromatic heterocycles. The molecule has 3 amide bonds. The molecule has 1 heterocycles. The first kappa shape index (κ1) is 18.2. The molecule has 0 unspecified atom stereocenters. The normalized spacial score (nSPS) is 18.3. The Hall–Kier alpha value is -2.57. The summed E-state index contributed by atoms with van der Waals surface area (Å²) in [5.74, 6) is 0.205. The maximum absolute atomic E-state index is 12.6. The zero-order valence-electron chi connectivity index (χ0n) is 14.2. The summed E-state index contributed by atoms with van der Waals surface area (Å²) in [6.45, 7) is 1.50. The highest BCUT2D eigenvalue weighted by atomic mass is 35.5. The Bertz CT molecular complexity index is 782. The van der Waals surface area contributed by atoms with E-state index in [1.54, 1.807) is 55.5 Å². The summed E-state index contributed by atoms with van der Waals surface area (Å²) in [6.07, 6.45) is -0.999. The zero-order valence-corrected chi connectivity index (χ0v) is 15.0. The van der Waals surface area contributed by atoms with Crippen molar-refractivity contribution < 1.29 is 19.4 Å². The lowest BCUT2D eigenvalue weighted by Gasteiger charge is -2.20. The molecule has 0 bridgehead atoms. The van der Waals surface area contributed by atoms with E-state index in [1.807, 2.05) is 6.07 Å². The molecule has 6 nitrogen and oxygen atoms in total. The summed E-state index contributed by atoms with van der Waals surface area (Å²) < 4.78 is 5.47.